The minimum absolute atomic E-state index is 0.143. The maximum Gasteiger partial charge on any atom is 0.337 e. The summed E-state index contributed by atoms with van der Waals surface area (Å²) in [4.78, 5) is 40.6. The Morgan fingerprint density at radius 2 is 1.62 bits per heavy atom. The van der Waals surface area contributed by atoms with E-state index in [0.29, 0.717) is 33.6 Å². The predicted octanol–water partition coefficient (Wildman–Crippen LogP) is 7.27. The second-order valence-corrected chi connectivity index (χ2v) is 13.0. The van der Waals surface area contributed by atoms with Gasteiger partial charge in [0.25, 0.3) is 5.78 Å². The standard InChI is InChI=1S/C36H28FN3O6S2/c1-21-5-3-4-6-26(21)19-46-28-17-13-24(14-18-28)31(41)29-30(23-9-11-25(12-10-23)34(44)45-2)40(33(43)32(29)42)35-38-39-36(48-35)47-20-22-7-15-27(37)16-8-22/h3-18,30,41H,19-20H2,1-2H3. The van der Waals surface area contributed by atoms with E-state index in [4.69, 9.17) is 9.47 Å². The second kappa shape index (κ2) is 14.2. The fourth-order valence-corrected chi connectivity index (χ4v) is 6.97. The summed E-state index contributed by atoms with van der Waals surface area (Å²) in [6.07, 6.45) is 0. The quantitative estimate of drug-likeness (QED) is 0.0405. The van der Waals surface area contributed by atoms with Crippen molar-refractivity contribution in [3.8, 4) is 5.75 Å². The van der Waals surface area contributed by atoms with Crippen molar-refractivity contribution < 1.29 is 33.4 Å². The van der Waals surface area contributed by atoms with E-state index in [1.165, 1.54) is 48.0 Å². The molecule has 9 nitrogen and oxygen atoms in total. The molecule has 12 heteroatoms. The highest BCUT2D eigenvalue weighted by atomic mass is 32.2. The van der Waals surface area contributed by atoms with E-state index < -0.39 is 23.7 Å². The first-order valence-electron chi connectivity index (χ1n) is 14.7. The van der Waals surface area contributed by atoms with Gasteiger partial charge in [-0.3, -0.25) is 14.5 Å². The zero-order chi connectivity index (χ0) is 33.8. The van der Waals surface area contributed by atoms with Crippen LogP contribution in [-0.2, 0) is 26.7 Å². The van der Waals surface area contributed by atoms with E-state index >= 15 is 0 Å². The molecule has 2 heterocycles. The van der Waals surface area contributed by atoms with Gasteiger partial charge in [-0.1, -0.05) is 71.6 Å². The molecule has 0 saturated carbocycles. The van der Waals surface area contributed by atoms with E-state index in [2.05, 4.69) is 10.2 Å². The molecule has 0 radical (unpaired) electrons. The number of aliphatic hydroxyl groups is 1. The number of ether oxygens (including phenoxy) is 2. The molecule has 1 aromatic heterocycles. The number of esters is 1. The van der Waals surface area contributed by atoms with Crippen LogP contribution >= 0.6 is 23.1 Å². The molecule has 1 saturated heterocycles. The van der Waals surface area contributed by atoms with E-state index in [0.717, 1.165) is 28.0 Å². The van der Waals surface area contributed by atoms with Crippen molar-refractivity contribution in [1.82, 2.24) is 10.2 Å². The largest absolute Gasteiger partial charge is 0.507 e. The summed E-state index contributed by atoms with van der Waals surface area (Å²) in [6.45, 7) is 2.36. The van der Waals surface area contributed by atoms with Crippen LogP contribution in [0, 0.1) is 12.7 Å². The molecular weight excluding hydrogens is 654 g/mol. The van der Waals surface area contributed by atoms with Crippen LogP contribution in [0.5, 0.6) is 5.75 Å². The normalized spacial score (nSPS) is 15.5. The van der Waals surface area contributed by atoms with Crippen molar-refractivity contribution in [2.45, 2.75) is 29.7 Å². The Kier molecular flexibility index (Phi) is 9.65. The lowest BCUT2D eigenvalue weighted by molar-refractivity contribution is -0.132. The number of thioether (sulfide) groups is 1. The van der Waals surface area contributed by atoms with E-state index in [-0.39, 0.29) is 27.8 Å². The molecule has 1 amide bonds. The number of carbonyl (C=O) groups excluding carboxylic acids is 3. The highest BCUT2D eigenvalue weighted by Crippen LogP contribution is 2.44. The smallest absolute Gasteiger partial charge is 0.337 e. The molecule has 0 spiro atoms. The molecule has 0 bridgehead atoms. The Morgan fingerprint density at radius 1 is 0.938 bits per heavy atom. The Labute approximate surface area is 283 Å². The zero-order valence-corrected chi connectivity index (χ0v) is 27.4. The first-order chi connectivity index (χ1) is 23.2. The summed E-state index contributed by atoms with van der Waals surface area (Å²) < 4.78 is 24.6. The maximum atomic E-state index is 13.6. The van der Waals surface area contributed by atoms with Gasteiger partial charge in [0.15, 0.2) is 4.34 Å². The Morgan fingerprint density at radius 3 is 2.31 bits per heavy atom. The van der Waals surface area contributed by atoms with E-state index in [9.17, 15) is 23.9 Å². The molecule has 1 aliphatic heterocycles. The van der Waals surface area contributed by atoms with Crippen molar-refractivity contribution in [2.24, 2.45) is 0 Å². The van der Waals surface area contributed by atoms with Gasteiger partial charge >= 0.3 is 11.9 Å². The minimum Gasteiger partial charge on any atom is -0.507 e. The third kappa shape index (κ3) is 6.85. The molecule has 1 fully saturated rings. The lowest BCUT2D eigenvalue weighted by Crippen LogP contribution is -2.29. The van der Waals surface area contributed by atoms with Crippen LogP contribution in [0.1, 0.15) is 44.2 Å². The van der Waals surface area contributed by atoms with Gasteiger partial charge in [0.05, 0.1) is 24.3 Å². The van der Waals surface area contributed by atoms with Gasteiger partial charge < -0.3 is 14.6 Å². The molecule has 1 N–H and O–H groups in total. The fraction of sp³-hybridized carbons (Fsp3) is 0.139. The Bertz CT molecular complexity index is 2010. The summed E-state index contributed by atoms with van der Waals surface area (Å²) in [5.41, 5.74) is 3.90. The molecule has 5 aromatic rings. The van der Waals surface area contributed by atoms with Crippen LogP contribution in [0.25, 0.3) is 5.76 Å². The average Bonchev–Trinajstić information content (AvgIpc) is 3.68. The summed E-state index contributed by atoms with van der Waals surface area (Å²) in [6, 6.07) is 25.7. The molecule has 48 heavy (non-hydrogen) atoms. The monoisotopic (exact) mass is 681 g/mol. The number of hydrogen-bond acceptors (Lipinski definition) is 10. The van der Waals surface area contributed by atoms with Crippen molar-refractivity contribution >= 4 is 51.6 Å². The minimum atomic E-state index is -1.07. The van der Waals surface area contributed by atoms with E-state index in [1.54, 1.807) is 48.5 Å². The van der Waals surface area contributed by atoms with Crippen molar-refractivity contribution in [3.05, 3.63) is 142 Å². The van der Waals surface area contributed by atoms with Crippen LogP contribution in [0.2, 0.25) is 0 Å². The van der Waals surface area contributed by atoms with Crippen LogP contribution in [-0.4, -0.2) is 40.1 Å². The summed E-state index contributed by atoms with van der Waals surface area (Å²) in [5, 5.41) is 20.1. The third-order valence-corrected chi connectivity index (χ3v) is 9.88. The van der Waals surface area contributed by atoms with Gasteiger partial charge in [-0.2, -0.15) is 0 Å². The molecule has 1 aliphatic rings. The lowest BCUT2D eigenvalue weighted by atomic mass is 9.94. The number of aromatic nitrogens is 2. The Balaban J connectivity index is 1.32. The third-order valence-electron chi connectivity index (χ3n) is 7.75. The summed E-state index contributed by atoms with van der Waals surface area (Å²) in [7, 11) is 1.27. The number of hydrogen-bond donors (Lipinski definition) is 1. The van der Waals surface area contributed by atoms with Crippen LogP contribution in [0.3, 0.4) is 0 Å². The highest BCUT2D eigenvalue weighted by Gasteiger charge is 2.48. The second-order valence-electron chi connectivity index (χ2n) is 10.8. The number of amides is 1. The van der Waals surface area contributed by atoms with Gasteiger partial charge in [-0.25, -0.2) is 9.18 Å². The summed E-state index contributed by atoms with van der Waals surface area (Å²) >= 11 is 2.46. The molecule has 1 atom stereocenters. The van der Waals surface area contributed by atoms with Gasteiger partial charge in [0, 0.05) is 11.3 Å². The van der Waals surface area contributed by atoms with Crippen molar-refractivity contribution in [2.75, 3.05) is 12.0 Å². The van der Waals surface area contributed by atoms with Gasteiger partial charge in [-0.05, 0) is 77.7 Å². The number of carbonyl (C=O) groups is 3. The molecular formula is C36H28FN3O6S2. The molecule has 242 valence electrons. The first-order valence-corrected chi connectivity index (χ1v) is 16.5. The average molecular weight is 682 g/mol. The van der Waals surface area contributed by atoms with Gasteiger partial charge in [-0.15, -0.1) is 10.2 Å². The van der Waals surface area contributed by atoms with Crippen molar-refractivity contribution in [3.63, 3.8) is 0 Å². The van der Waals surface area contributed by atoms with Gasteiger partial charge in [0.1, 0.15) is 23.9 Å². The SMILES string of the molecule is COC(=O)c1ccc(C2C(=C(O)c3ccc(OCc4ccccc4C)cc3)C(=O)C(=O)N2c2nnc(SCc3ccc(F)cc3)s2)cc1. The van der Waals surface area contributed by atoms with Crippen LogP contribution in [0.4, 0.5) is 9.52 Å². The van der Waals surface area contributed by atoms with Crippen LogP contribution in [0.15, 0.2) is 107 Å². The molecule has 0 aliphatic carbocycles. The number of ketones is 1. The molecule has 4 aromatic carbocycles. The van der Waals surface area contributed by atoms with Gasteiger partial charge in [0.2, 0.25) is 5.13 Å². The molecule has 6 rings (SSSR count). The number of aliphatic hydroxyl groups excluding tert-OH is 1. The maximum absolute atomic E-state index is 13.6. The van der Waals surface area contributed by atoms with Crippen LogP contribution < -0.4 is 9.64 Å². The number of halogens is 1. The zero-order valence-electron chi connectivity index (χ0n) is 25.8. The number of anilines is 1. The number of aryl methyl sites for hydroxylation is 1. The Hall–Kier alpha value is -5.33. The number of nitrogens with zero attached hydrogens (tertiary/aromatic N) is 3. The summed E-state index contributed by atoms with van der Waals surface area (Å²) in [5.74, 6) is -2.00. The van der Waals surface area contributed by atoms with Crippen molar-refractivity contribution in [1.29, 1.82) is 0 Å². The number of benzene rings is 4. The topological polar surface area (TPSA) is 119 Å². The number of rotatable bonds is 10. The number of Topliss-reactive ketones (excluding diaryl/α,β-unsaturated/α-hetero) is 1. The number of methoxy groups -OCH3 is 1. The lowest BCUT2D eigenvalue weighted by Gasteiger charge is -2.22. The first kappa shape index (κ1) is 32.6. The predicted molar refractivity (Wildman–Crippen MR) is 180 cm³/mol. The highest BCUT2D eigenvalue weighted by molar-refractivity contribution is 8.00. The molecule has 1 unspecified atom stereocenters. The van der Waals surface area contributed by atoms with E-state index in [1.807, 2.05) is 31.2 Å². The fourth-order valence-electron chi connectivity index (χ4n) is 5.15.